The molecule has 1 amide bonds. The van der Waals surface area contributed by atoms with E-state index in [1.165, 1.54) is 30.4 Å². The molecule has 1 aliphatic rings. The van der Waals surface area contributed by atoms with Crippen LogP contribution < -0.4 is 14.8 Å². The van der Waals surface area contributed by atoms with Gasteiger partial charge in [-0.05, 0) is 74.6 Å². The summed E-state index contributed by atoms with van der Waals surface area (Å²) in [6.07, 6.45) is 5.81. The lowest BCUT2D eigenvalue weighted by Gasteiger charge is -2.23. The molecular formula is C24H31NO3. The first-order valence-electron chi connectivity index (χ1n) is 10.2. The number of carbonyl (C=O) groups excluding carboxylic acids is 1. The molecule has 0 aromatic heterocycles. The summed E-state index contributed by atoms with van der Waals surface area (Å²) in [5, 5.41) is 3.18. The molecule has 0 bridgehead atoms. The fourth-order valence-corrected chi connectivity index (χ4v) is 3.85. The molecule has 28 heavy (non-hydrogen) atoms. The molecule has 0 unspecified atom stereocenters. The number of hydrogen-bond donors (Lipinski definition) is 1. The molecule has 1 aliphatic carbocycles. The second-order valence-corrected chi connectivity index (χ2v) is 7.83. The second-order valence-electron chi connectivity index (χ2n) is 7.83. The Bertz CT molecular complexity index is 838. The van der Waals surface area contributed by atoms with Crippen molar-refractivity contribution in [3.63, 3.8) is 0 Å². The highest BCUT2D eigenvalue weighted by molar-refractivity contribution is 5.94. The molecule has 2 aromatic rings. The van der Waals surface area contributed by atoms with Crippen molar-refractivity contribution in [3.05, 3.63) is 58.1 Å². The minimum atomic E-state index is -0.0154. The number of aryl methyl sites for hydroxylation is 2. The lowest BCUT2D eigenvalue weighted by Crippen LogP contribution is -2.36. The number of nitrogens with one attached hydrogen (secondary N) is 1. The van der Waals surface area contributed by atoms with Crippen LogP contribution in [0.3, 0.4) is 0 Å². The van der Waals surface area contributed by atoms with E-state index in [4.69, 9.17) is 9.47 Å². The zero-order valence-corrected chi connectivity index (χ0v) is 17.4. The average molecular weight is 382 g/mol. The molecule has 0 aliphatic heterocycles. The van der Waals surface area contributed by atoms with Gasteiger partial charge in [-0.15, -0.1) is 0 Å². The molecule has 0 spiro atoms. The van der Waals surface area contributed by atoms with Gasteiger partial charge in [0.25, 0.3) is 5.91 Å². The monoisotopic (exact) mass is 381 g/mol. The van der Waals surface area contributed by atoms with Gasteiger partial charge >= 0.3 is 0 Å². The van der Waals surface area contributed by atoms with E-state index in [0.29, 0.717) is 18.2 Å². The summed E-state index contributed by atoms with van der Waals surface area (Å²) >= 11 is 0. The number of hydrogen-bond acceptors (Lipinski definition) is 3. The fraction of sp³-hybridized carbons (Fsp3) is 0.458. The summed E-state index contributed by atoms with van der Waals surface area (Å²) < 4.78 is 11.6. The van der Waals surface area contributed by atoms with Crippen LogP contribution in [0.5, 0.6) is 11.5 Å². The molecule has 0 atom stereocenters. The Kier molecular flexibility index (Phi) is 6.61. The van der Waals surface area contributed by atoms with Crippen LogP contribution in [0, 0.1) is 20.8 Å². The maximum Gasteiger partial charge on any atom is 0.251 e. The molecule has 1 saturated carbocycles. The van der Waals surface area contributed by atoms with Crippen LogP contribution in [0.15, 0.2) is 30.3 Å². The van der Waals surface area contributed by atoms with Crippen molar-refractivity contribution in [3.8, 4) is 11.5 Å². The quantitative estimate of drug-likeness (QED) is 0.742. The summed E-state index contributed by atoms with van der Waals surface area (Å²) in [6.45, 7) is 6.58. The number of rotatable bonds is 6. The predicted octanol–water partition coefficient (Wildman–Crippen LogP) is 5.26. The number of benzene rings is 2. The summed E-state index contributed by atoms with van der Waals surface area (Å²) in [4.78, 5) is 12.7. The Labute approximate surface area is 168 Å². The maximum atomic E-state index is 12.7. The van der Waals surface area contributed by atoms with Crippen LogP contribution in [-0.2, 0) is 6.61 Å². The van der Waals surface area contributed by atoms with Crippen molar-refractivity contribution in [2.24, 2.45) is 0 Å². The van der Waals surface area contributed by atoms with E-state index in [9.17, 15) is 4.79 Å². The van der Waals surface area contributed by atoms with Gasteiger partial charge in [0.1, 0.15) is 18.1 Å². The minimum Gasteiger partial charge on any atom is -0.496 e. The van der Waals surface area contributed by atoms with Crippen LogP contribution >= 0.6 is 0 Å². The SMILES string of the molecule is COc1ccc(C(=O)NC2CCCCC2)cc1COc1cc(C)cc(C)c1C. The molecule has 4 heteroatoms. The minimum absolute atomic E-state index is 0.0154. The van der Waals surface area contributed by atoms with Crippen molar-refractivity contribution >= 4 is 5.91 Å². The van der Waals surface area contributed by atoms with Crippen LogP contribution in [0.25, 0.3) is 0 Å². The zero-order valence-electron chi connectivity index (χ0n) is 17.4. The number of carbonyl (C=O) groups is 1. The molecule has 4 nitrogen and oxygen atoms in total. The normalized spacial score (nSPS) is 14.6. The van der Waals surface area contributed by atoms with E-state index in [1.54, 1.807) is 7.11 Å². The lowest BCUT2D eigenvalue weighted by molar-refractivity contribution is 0.0927. The zero-order chi connectivity index (χ0) is 20.1. The Morgan fingerprint density at radius 1 is 1.04 bits per heavy atom. The van der Waals surface area contributed by atoms with E-state index < -0.39 is 0 Å². The molecular weight excluding hydrogens is 350 g/mol. The summed E-state index contributed by atoms with van der Waals surface area (Å²) in [5.41, 5.74) is 5.04. The first-order valence-corrected chi connectivity index (χ1v) is 10.2. The largest absolute Gasteiger partial charge is 0.496 e. The molecule has 1 fully saturated rings. The van der Waals surface area contributed by atoms with Gasteiger partial charge in [0.15, 0.2) is 0 Å². The van der Waals surface area contributed by atoms with E-state index in [-0.39, 0.29) is 5.91 Å². The highest BCUT2D eigenvalue weighted by Gasteiger charge is 2.18. The molecule has 1 N–H and O–H groups in total. The highest BCUT2D eigenvalue weighted by Crippen LogP contribution is 2.27. The first-order chi connectivity index (χ1) is 13.5. The van der Waals surface area contributed by atoms with Crippen molar-refractivity contribution in [1.29, 1.82) is 0 Å². The third-order valence-corrected chi connectivity index (χ3v) is 5.63. The Hall–Kier alpha value is -2.49. The van der Waals surface area contributed by atoms with Gasteiger partial charge in [0, 0.05) is 17.2 Å². The standard InChI is InChI=1S/C24H31NO3/c1-16-12-17(2)18(3)23(13-16)28-15-20-14-19(10-11-22(20)27-4)24(26)25-21-8-6-5-7-9-21/h10-14,21H,5-9,15H2,1-4H3,(H,25,26). The molecule has 0 heterocycles. The first kappa shape index (κ1) is 20.2. The van der Waals surface area contributed by atoms with E-state index in [1.807, 2.05) is 18.2 Å². The summed E-state index contributed by atoms with van der Waals surface area (Å²) in [6, 6.07) is 10.1. The van der Waals surface area contributed by atoms with Gasteiger partial charge in [0.05, 0.1) is 7.11 Å². The number of amides is 1. The summed E-state index contributed by atoms with van der Waals surface area (Å²) in [7, 11) is 1.64. The predicted molar refractivity (Wildman–Crippen MR) is 112 cm³/mol. The topological polar surface area (TPSA) is 47.6 Å². The Morgan fingerprint density at radius 3 is 2.50 bits per heavy atom. The number of ether oxygens (including phenoxy) is 2. The van der Waals surface area contributed by atoms with Gasteiger partial charge < -0.3 is 14.8 Å². The Balaban J connectivity index is 1.75. The van der Waals surface area contributed by atoms with E-state index in [2.05, 4.69) is 38.2 Å². The third-order valence-electron chi connectivity index (χ3n) is 5.63. The molecule has 2 aromatic carbocycles. The molecule has 0 saturated heterocycles. The Morgan fingerprint density at radius 2 is 1.79 bits per heavy atom. The van der Waals surface area contributed by atoms with Gasteiger partial charge in [0.2, 0.25) is 0 Å². The maximum absolute atomic E-state index is 12.7. The van der Waals surface area contributed by atoms with Crippen LogP contribution in [0.4, 0.5) is 0 Å². The molecule has 150 valence electrons. The smallest absolute Gasteiger partial charge is 0.251 e. The third kappa shape index (κ3) is 4.86. The number of methoxy groups -OCH3 is 1. The van der Waals surface area contributed by atoms with Crippen LogP contribution in [0.1, 0.15) is 64.7 Å². The average Bonchev–Trinajstić information content (AvgIpc) is 2.70. The van der Waals surface area contributed by atoms with E-state index >= 15 is 0 Å². The highest BCUT2D eigenvalue weighted by atomic mass is 16.5. The van der Waals surface area contributed by atoms with Gasteiger partial charge in [-0.3, -0.25) is 4.79 Å². The van der Waals surface area contributed by atoms with Gasteiger partial charge in [-0.2, -0.15) is 0 Å². The van der Waals surface area contributed by atoms with Gasteiger partial charge in [-0.1, -0.05) is 25.3 Å². The van der Waals surface area contributed by atoms with Crippen molar-refractivity contribution in [2.45, 2.75) is 65.5 Å². The van der Waals surface area contributed by atoms with E-state index in [0.717, 1.165) is 35.5 Å². The van der Waals surface area contributed by atoms with Gasteiger partial charge in [-0.25, -0.2) is 0 Å². The van der Waals surface area contributed by atoms with Crippen molar-refractivity contribution in [2.75, 3.05) is 7.11 Å². The van der Waals surface area contributed by atoms with Crippen molar-refractivity contribution in [1.82, 2.24) is 5.32 Å². The van der Waals surface area contributed by atoms with Crippen LogP contribution in [-0.4, -0.2) is 19.1 Å². The fourth-order valence-electron chi connectivity index (χ4n) is 3.85. The van der Waals surface area contributed by atoms with Crippen molar-refractivity contribution < 1.29 is 14.3 Å². The molecule has 0 radical (unpaired) electrons. The van der Waals surface area contributed by atoms with Crippen LogP contribution in [0.2, 0.25) is 0 Å². The molecule has 3 rings (SSSR count). The second kappa shape index (κ2) is 9.13. The lowest BCUT2D eigenvalue weighted by atomic mass is 9.95. The summed E-state index contributed by atoms with van der Waals surface area (Å²) in [5.74, 6) is 1.59.